The fourth-order valence-electron chi connectivity index (χ4n) is 8.19. The molecule has 61 heavy (non-hydrogen) atoms. The third-order valence-electron chi connectivity index (χ3n) is 10.9. The number of rotatable bonds is 9. The maximum absolute atomic E-state index is 5.73. The number of fused-ring (bicyclic) bond motifs is 6. The summed E-state index contributed by atoms with van der Waals surface area (Å²) in [6, 6.07) is 37.0. The third-order valence-corrected chi connectivity index (χ3v) is 12.1. The van der Waals surface area contributed by atoms with Crippen LogP contribution < -0.4 is 9.80 Å². The van der Waals surface area contributed by atoms with E-state index >= 15 is 0 Å². The summed E-state index contributed by atoms with van der Waals surface area (Å²) in [5, 5.41) is 2.31. The molecule has 3 aliphatic rings. The van der Waals surface area contributed by atoms with Crippen LogP contribution in [0.15, 0.2) is 232 Å². The van der Waals surface area contributed by atoms with Gasteiger partial charge in [-0.25, -0.2) is 9.98 Å². The number of aliphatic imine (C=N–C) groups is 2. The third kappa shape index (κ3) is 8.17. The van der Waals surface area contributed by atoms with Gasteiger partial charge in [-0.2, -0.15) is 0 Å². The molecule has 0 bridgehead atoms. The molecular weight excluding hydrogens is 761 g/mol. The molecule has 2 heterocycles. The summed E-state index contributed by atoms with van der Waals surface area (Å²) in [5.74, 6) is 0. The van der Waals surface area contributed by atoms with Crippen LogP contribution in [0.2, 0.25) is 0 Å². The van der Waals surface area contributed by atoms with Gasteiger partial charge in [-0.3, -0.25) is 0 Å². The molecule has 300 valence electrons. The van der Waals surface area contributed by atoms with E-state index in [4.69, 9.17) is 9.98 Å². The fraction of sp³-hybridized carbons (Fsp3) is 0.107. The molecule has 0 atom stereocenters. The van der Waals surface area contributed by atoms with Crippen LogP contribution in [0.3, 0.4) is 0 Å². The lowest BCUT2D eigenvalue weighted by atomic mass is 9.91. The van der Waals surface area contributed by atoms with Crippen LogP contribution in [-0.4, -0.2) is 19.1 Å². The van der Waals surface area contributed by atoms with E-state index in [1.807, 2.05) is 37.6 Å². The number of hydrogen-bond donors (Lipinski definition) is 0. The molecule has 0 amide bonds. The molecule has 0 N–H and O–H groups in total. The molecule has 1 aliphatic carbocycles. The van der Waals surface area contributed by atoms with E-state index in [0.29, 0.717) is 0 Å². The lowest BCUT2D eigenvalue weighted by Crippen LogP contribution is -2.23. The maximum atomic E-state index is 5.73. The molecule has 0 fully saturated rings. The molecular formula is C56H50N4S. The van der Waals surface area contributed by atoms with E-state index in [2.05, 4.69) is 196 Å². The molecule has 5 aromatic carbocycles. The summed E-state index contributed by atoms with van der Waals surface area (Å²) < 4.78 is 0. The van der Waals surface area contributed by atoms with Crippen molar-refractivity contribution in [2.75, 3.05) is 16.8 Å². The van der Waals surface area contributed by atoms with Crippen LogP contribution in [-0.2, 0) is 0 Å². The largest absolute Gasteiger partial charge is 0.335 e. The quantitative estimate of drug-likeness (QED) is 0.139. The normalized spacial score (nSPS) is 17.1. The molecule has 0 saturated carbocycles. The van der Waals surface area contributed by atoms with Crippen molar-refractivity contribution in [2.45, 2.75) is 38.5 Å². The highest BCUT2D eigenvalue weighted by Crippen LogP contribution is 2.49. The first-order chi connectivity index (χ1) is 30.0. The molecule has 4 nitrogen and oxygen atoms in total. The van der Waals surface area contributed by atoms with Crippen molar-refractivity contribution in [3.63, 3.8) is 0 Å². The van der Waals surface area contributed by atoms with E-state index in [1.165, 1.54) is 0 Å². The second kappa shape index (κ2) is 18.5. The van der Waals surface area contributed by atoms with Gasteiger partial charge in [-0.15, -0.1) is 0 Å². The summed E-state index contributed by atoms with van der Waals surface area (Å²) in [5.41, 5.74) is 14.3. The summed E-state index contributed by atoms with van der Waals surface area (Å²) in [6.45, 7) is 14.4. The van der Waals surface area contributed by atoms with Crippen LogP contribution in [0.4, 0.5) is 17.1 Å². The molecule has 0 unspecified atom stereocenters. The lowest BCUT2D eigenvalue weighted by molar-refractivity contribution is 1.03. The zero-order valence-electron chi connectivity index (χ0n) is 35.3. The Labute approximate surface area is 365 Å². The molecule has 8 rings (SSSR count). The number of thioether (sulfide) groups is 1. The van der Waals surface area contributed by atoms with Gasteiger partial charge in [0.2, 0.25) is 0 Å². The summed E-state index contributed by atoms with van der Waals surface area (Å²) in [7, 11) is 2.09. The first-order valence-electron chi connectivity index (χ1n) is 20.9. The SMILES string of the molecule is C=C/C=C(\C=C/C)N1C(C=C)=C(/C=C\C)Sc2cc(-c3ccc4c(c3)-c3c(ccc5ccccc35)N(C)C=N/C(c3ccccc3)=C(/C=C\C)C(C3=CCCC=C3)=N4)ccc21. The molecule has 0 saturated heterocycles. The zero-order valence-corrected chi connectivity index (χ0v) is 36.2. The first-order valence-corrected chi connectivity index (χ1v) is 21.7. The number of hydrogen-bond acceptors (Lipinski definition) is 5. The van der Waals surface area contributed by atoms with Gasteiger partial charge in [0, 0.05) is 44.8 Å². The smallest absolute Gasteiger partial charge is 0.0954 e. The van der Waals surface area contributed by atoms with Crippen LogP contribution in [0.5, 0.6) is 0 Å². The Balaban J connectivity index is 1.42. The Hall–Kier alpha value is -6.95. The highest BCUT2D eigenvalue weighted by atomic mass is 32.2. The van der Waals surface area contributed by atoms with Gasteiger partial charge < -0.3 is 9.80 Å². The van der Waals surface area contributed by atoms with Gasteiger partial charge in [0.1, 0.15) is 0 Å². The first kappa shape index (κ1) is 40.8. The van der Waals surface area contributed by atoms with Gasteiger partial charge in [0.25, 0.3) is 0 Å². The molecule has 0 spiro atoms. The fourth-order valence-corrected chi connectivity index (χ4v) is 9.36. The van der Waals surface area contributed by atoms with Crippen LogP contribution in [0, 0.1) is 0 Å². The van der Waals surface area contributed by atoms with E-state index in [1.54, 1.807) is 11.8 Å². The zero-order chi connectivity index (χ0) is 42.3. The molecule has 0 aromatic heterocycles. The predicted molar refractivity (Wildman–Crippen MR) is 267 cm³/mol. The number of allylic oxidation sites excluding steroid dienone is 14. The Morgan fingerprint density at radius 3 is 2.30 bits per heavy atom. The van der Waals surface area contributed by atoms with Crippen molar-refractivity contribution >= 4 is 57.3 Å². The van der Waals surface area contributed by atoms with Gasteiger partial charge in [0.15, 0.2) is 0 Å². The van der Waals surface area contributed by atoms with E-state index < -0.39 is 0 Å². The minimum Gasteiger partial charge on any atom is -0.335 e. The van der Waals surface area contributed by atoms with Crippen LogP contribution >= 0.6 is 11.8 Å². The second-order valence-corrected chi connectivity index (χ2v) is 16.0. The standard InChI is InChI=1S/C56H50N4S/c1-7-20-44(21-8-2)60-49(11-5)52(23-10-4)61-53-37-43(32-34-50(53)60)42-30-33-48-47(36-42)54-45-29-19-18-24-39(45)31-35-51(54)59(6)38-57-55(40-25-14-12-15-26-40)46(22-9-3)56(58-48)41-27-16-13-17-28-41/h7-12,14-16,18-38H,1,5,13,17H2,2-4,6H3/b21-8-,22-9-,23-10-,44-20+,55-46-,57-38?,58-56?. The molecule has 5 heteroatoms. The summed E-state index contributed by atoms with van der Waals surface area (Å²) in [6.07, 6.45) is 29.2. The highest BCUT2D eigenvalue weighted by molar-refractivity contribution is 8.03. The van der Waals surface area contributed by atoms with E-state index in [9.17, 15) is 0 Å². The monoisotopic (exact) mass is 810 g/mol. The van der Waals surface area contributed by atoms with Crippen LogP contribution in [0.25, 0.3) is 38.7 Å². The highest BCUT2D eigenvalue weighted by Gasteiger charge is 2.27. The summed E-state index contributed by atoms with van der Waals surface area (Å²) in [4.78, 5) is 17.7. The molecule has 2 aliphatic heterocycles. The molecule has 5 aromatic rings. The average Bonchev–Trinajstić information content (AvgIpc) is 3.31. The van der Waals surface area contributed by atoms with Crippen molar-refractivity contribution in [2.24, 2.45) is 9.98 Å². The van der Waals surface area contributed by atoms with E-state index in [0.717, 1.165) is 112 Å². The summed E-state index contributed by atoms with van der Waals surface area (Å²) >= 11 is 1.77. The lowest BCUT2D eigenvalue weighted by Gasteiger charge is -2.34. The van der Waals surface area contributed by atoms with Crippen molar-refractivity contribution in [1.29, 1.82) is 0 Å². The van der Waals surface area contributed by atoms with Crippen molar-refractivity contribution in [1.82, 2.24) is 0 Å². The van der Waals surface area contributed by atoms with Crippen molar-refractivity contribution < 1.29 is 0 Å². The Morgan fingerprint density at radius 1 is 0.770 bits per heavy atom. The minimum atomic E-state index is 0.860. The van der Waals surface area contributed by atoms with Gasteiger partial charge >= 0.3 is 0 Å². The maximum Gasteiger partial charge on any atom is 0.0954 e. The van der Waals surface area contributed by atoms with Crippen molar-refractivity contribution in [3.8, 4) is 22.3 Å². The Kier molecular flexibility index (Phi) is 12.4. The number of anilines is 2. The number of benzene rings is 5. The van der Waals surface area contributed by atoms with Gasteiger partial charge in [-0.05, 0) is 110 Å². The number of nitrogens with zero attached hydrogens (tertiary/aromatic N) is 4. The van der Waals surface area contributed by atoms with Gasteiger partial charge in [0.05, 0.1) is 40.5 Å². The predicted octanol–water partition coefficient (Wildman–Crippen LogP) is 15.5. The average molecular weight is 811 g/mol. The Morgan fingerprint density at radius 2 is 1.54 bits per heavy atom. The second-order valence-electron chi connectivity index (χ2n) is 14.9. The van der Waals surface area contributed by atoms with Crippen molar-refractivity contribution in [3.05, 3.63) is 222 Å². The molecule has 0 radical (unpaired) electrons. The topological polar surface area (TPSA) is 31.2 Å². The van der Waals surface area contributed by atoms with Gasteiger partial charge in [-0.1, -0.05) is 152 Å². The Bertz CT molecular complexity index is 2850. The van der Waals surface area contributed by atoms with Crippen LogP contribution in [0.1, 0.15) is 39.2 Å². The minimum absolute atomic E-state index is 0.860. The van der Waals surface area contributed by atoms with E-state index in [-0.39, 0.29) is 0 Å².